The molecule has 32 heavy (non-hydrogen) atoms. The molecule has 1 aromatic carbocycles. The third kappa shape index (κ3) is 5.06. The Morgan fingerprint density at radius 1 is 1.16 bits per heavy atom. The van der Waals surface area contributed by atoms with Gasteiger partial charge in [-0.15, -0.1) is 0 Å². The van der Waals surface area contributed by atoms with E-state index in [-0.39, 0.29) is 30.2 Å². The van der Waals surface area contributed by atoms with E-state index in [1.807, 2.05) is 0 Å². The summed E-state index contributed by atoms with van der Waals surface area (Å²) in [6, 6.07) is 10.4. The number of furan rings is 1. The van der Waals surface area contributed by atoms with Crippen LogP contribution in [0.5, 0.6) is 0 Å². The highest BCUT2D eigenvalue weighted by atomic mass is 16.5. The minimum atomic E-state index is -0.378. The molecule has 3 heterocycles. The van der Waals surface area contributed by atoms with Crippen molar-refractivity contribution in [2.24, 2.45) is 0 Å². The maximum atomic E-state index is 12.3. The van der Waals surface area contributed by atoms with Crippen molar-refractivity contribution >= 4 is 17.5 Å². The topological polar surface area (TPSA) is 116 Å². The van der Waals surface area contributed by atoms with Crippen LogP contribution < -0.4 is 10.6 Å². The van der Waals surface area contributed by atoms with Gasteiger partial charge in [0, 0.05) is 25.0 Å². The molecule has 3 aromatic rings. The molecule has 1 aliphatic rings. The number of methoxy groups -OCH3 is 1. The van der Waals surface area contributed by atoms with Crippen LogP contribution in [-0.4, -0.2) is 36.6 Å². The first-order valence-electron chi connectivity index (χ1n) is 10.4. The number of ether oxygens (including phenoxy) is 2. The average molecular weight is 439 g/mol. The fourth-order valence-electron chi connectivity index (χ4n) is 3.39. The van der Waals surface area contributed by atoms with E-state index in [1.54, 1.807) is 50.4 Å². The summed E-state index contributed by atoms with van der Waals surface area (Å²) in [7, 11) is 1.56. The zero-order valence-electron chi connectivity index (χ0n) is 18.0. The molecular formula is C23H25N3O6. The van der Waals surface area contributed by atoms with Crippen LogP contribution in [0, 0.1) is 6.92 Å². The van der Waals surface area contributed by atoms with Gasteiger partial charge in [0.2, 0.25) is 11.8 Å². The van der Waals surface area contributed by atoms with Crippen LogP contribution in [0.1, 0.15) is 40.6 Å². The molecule has 9 nitrogen and oxygen atoms in total. The molecule has 1 saturated heterocycles. The Balaban J connectivity index is 1.36. The van der Waals surface area contributed by atoms with Crippen LogP contribution in [0.4, 0.5) is 5.69 Å². The van der Waals surface area contributed by atoms with Crippen LogP contribution in [-0.2, 0) is 27.4 Å². The molecule has 0 spiro atoms. The zero-order chi connectivity index (χ0) is 22.5. The lowest BCUT2D eigenvalue weighted by atomic mass is 10.2. The molecule has 2 N–H and O–H groups in total. The van der Waals surface area contributed by atoms with Gasteiger partial charge in [-0.25, -0.2) is 4.98 Å². The summed E-state index contributed by atoms with van der Waals surface area (Å²) in [6.07, 6.45) is 1.27. The predicted octanol–water partition coefficient (Wildman–Crippen LogP) is 3.44. The predicted molar refractivity (Wildman–Crippen MR) is 115 cm³/mol. The third-order valence-corrected chi connectivity index (χ3v) is 5.11. The van der Waals surface area contributed by atoms with E-state index >= 15 is 0 Å². The number of amides is 2. The zero-order valence-corrected chi connectivity index (χ0v) is 18.0. The summed E-state index contributed by atoms with van der Waals surface area (Å²) in [5, 5.41) is 5.64. The molecule has 9 heteroatoms. The summed E-state index contributed by atoms with van der Waals surface area (Å²) in [5.41, 5.74) is 2.02. The van der Waals surface area contributed by atoms with Gasteiger partial charge in [0.05, 0.1) is 6.54 Å². The number of carbonyl (C=O) groups is 2. The second-order valence-electron chi connectivity index (χ2n) is 7.47. The highest BCUT2D eigenvalue weighted by Gasteiger charge is 2.24. The Labute approximate surface area is 185 Å². The molecule has 168 valence electrons. The van der Waals surface area contributed by atoms with Gasteiger partial charge < -0.3 is 28.9 Å². The van der Waals surface area contributed by atoms with Gasteiger partial charge in [-0.1, -0.05) is 0 Å². The van der Waals surface area contributed by atoms with Crippen molar-refractivity contribution in [1.82, 2.24) is 10.3 Å². The number of hydrogen-bond donors (Lipinski definition) is 2. The van der Waals surface area contributed by atoms with E-state index in [0.717, 1.165) is 18.4 Å². The van der Waals surface area contributed by atoms with Crippen molar-refractivity contribution in [3.05, 3.63) is 59.4 Å². The molecule has 4 rings (SSSR count). The van der Waals surface area contributed by atoms with Crippen molar-refractivity contribution in [2.45, 2.75) is 39.0 Å². The Hall–Kier alpha value is -3.43. The van der Waals surface area contributed by atoms with Crippen molar-refractivity contribution < 1.29 is 27.9 Å². The van der Waals surface area contributed by atoms with Gasteiger partial charge in [0.15, 0.2) is 5.76 Å². The first-order valence-corrected chi connectivity index (χ1v) is 10.4. The SMILES string of the molecule is COCc1ccc(C(=O)Nc2ccc(-c3nc(CNC(=O)[C@H]4CCCO4)c(C)o3)cc2)o1. The number of nitrogens with zero attached hydrogens (tertiary/aromatic N) is 1. The monoisotopic (exact) mass is 439 g/mol. The molecule has 1 fully saturated rings. The first-order chi connectivity index (χ1) is 15.5. The number of benzene rings is 1. The lowest BCUT2D eigenvalue weighted by molar-refractivity contribution is -0.130. The summed E-state index contributed by atoms with van der Waals surface area (Å²) in [6.45, 7) is 3.01. The highest BCUT2D eigenvalue weighted by Crippen LogP contribution is 2.24. The number of anilines is 1. The van der Waals surface area contributed by atoms with Crippen LogP contribution in [0.2, 0.25) is 0 Å². The van der Waals surface area contributed by atoms with Crippen LogP contribution in [0.15, 0.2) is 45.2 Å². The van der Waals surface area contributed by atoms with E-state index in [4.69, 9.17) is 18.3 Å². The minimum absolute atomic E-state index is 0.127. The molecule has 0 aliphatic carbocycles. The third-order valence-electron chi connectivity index (χ3n) is 5.11. The molecule has 0 saturated carbocycles. The molecule has 0 unspecified atom stereocenters. The maximum absolute atomic E-state index is 12.3. The van der Waals surface area contributed by atoms with Crippen molar-refractivity contribution in [1.29, 1.82) is 0 Å². The lowest BCUT2D eigenvalue weighted by Gasteiger charge is -2.09. The molecule has 1 atom stereocenters. The van der Waals surface area contributed by atoms with Gasteiger partial charge in [0.25, 0.3) is 5.91 Å². The normalized spacial score (nSPS) is 15.6. The maximum Gasteiger partial charge on any atom is 0.291 e. The molecule has 1 aliphatic heterocycles. The van der Waals surface area contributed by atoms with Gasteiger partial charge in [-0.2, -0.15) is 0 Å². The minimum Gasteiger partial charge on any atom is -0.453 e. The fraction of sp³-hybridized carbons (Fsp3) is 0.348. The van der Waals surface area contributed by atoms with Gasteiger partial charge in [-0.3, -0.25) is 9.59 Å². The number of rotatable bonds is 8. The number of nitrogens with one attached hydrogen (secondary N) is 2. The summed E-state index contributed by atoms with van der Waals surface area (Å²) >= 11 is 0. The Morgan fingerprint density at radius 2 is 1.97 bits per heavy atom. The number of aromatic nitrogens is 1. The number of oxazole rings is 1. The smallest absolute Gasteiger partial charge is 0.291 e. The molecular weight excluding hydrogens is 414 g/mol. The van der Waals surface area contributed by atoms with Gasteiger partial charge in [-0.05, 0) is 56.2 Å². The molecule has 0 bridgehead atoms. The van der Waals surface area contributed by atoms with Crippen LogP contribution >= 0.6 is 0 Å². The standard InChI is InChI=1S/C23H25N3O6/c1-14-18(12-24-21(27)19-4-3-11-30-19)26-23(31-14)15-5-7-16(8-6-15)25-22(28)20-10-9-17(32-20)13-29-2/h5-10,19H,3-4,11-13H2,1-2H3,(H,24,27)(H,25,28)/t19-/m1/s1. The summed E-state index contributed by atoms with van der Waals surface area (Å²) in [4.78, 5) is 29.0. The number of carbonyl (C=O) groups excluding carboxylic acids is 2. The Kier molecular flexibility index (Phi) is 6.67. The van der Waals surface area contributed by atoms with E-state index in [0.29, 0.717) is 42.0 Å². The van der Waals surface area contributed by atoms with Crippen molar-refractivity contribution in [2.75, 3.05) is 19.0 Å². The molecule has 2 aromatic heterocycles. The average Bonchev–Trinajstić information content (AvgIpc) is 3.54. The number of aryl methyl sites for hydroxylation is 1. The van der Waals surface area contributed by atoms with Gasteiger partial charge in [0.1, 0.15) is 29.9 Å². The number of hydrogen-bond acceptors (Lipinski definition) is 7. The second kappa shape index (κ2) is 9.80. The van der Waals surface area contributed by atoms with E-state index in [9.17, 15) is 9.59 Å². The van der Waals surface area contributed by atoms with Crippen LogP contribution in [0.3, 0.4) is 0 Å². The van der Waals surface area contributed by atoms with Gasteiger partial charge >= 0.3 is 0 Å². The van der Waals surface area contributed by atoms with E-state index in [2.05, 4.69) is 15.6 Å². The molecule has 2 amide bonds. The molecule has 0 radical (unpaired) electrons. The quantitative estimate of drug-likeness (QED) is 0.552. The summed E-state index contributed by atoms with van der Waals surface area (Å²) in [5.74, 6) is 1.38. The Morgan fingerprint density at radius 3 is 2.69 bits per heavy atom. The lowest BCUT2D eigenvalue weighted by Crippen LogP contribution is -2.33. The fourth-order valence-corrected chi connectivity index (χ4v) is 3.39. The van der Waals surface area contributed by atoms with Crippen molar-refractivity contribution in [3.63, 3.8) is 0 Å². The highest BCUT2D eigenvalue weighted by molar-refractivity contribution is 6.02. The Bertz CT molecular complexity index is 1080. The summed E-state index contributed by atoms with van der Waals surface area (Å²) < 4.78 is 21.6. The second-order valence-corrected chi connectivity index (χ2v) is 7.47. The van der Waals surface area contributed by atoms with Crippen molar-refractivity contribution in [3.8, 4) is 11.5 Å². The largest absolute Gasteiger partial charge is 0.453 e. The first kappa shape index (κ1) is 21.8. The van der Waals surface area contributed by atoms with E-state index < -0.39 is 0 Å². The van der Waals surface area contributed by atoms with Crippen LogP contribution in [0.25, 0.3) is 11.5 Å². The van der Waals surface area contributed by atoms with E-state index in [1.165, 1.54) is 0 Å².